The second-order valence-corrected chi connectivity index (χ2v) is 3.38. The standard InChI is InChI=1S/C11H16ClNO2/c1-3-15-7-6-13-9-4-5-10(12)11(8-9)14-2/h4-5,8,13H,3,6-7H2,1-2H3. The van der Waals surface area contributed by atoms with Gasteiger partial charge in [-0.15, -0.1) is 0 Å². The maximum atomic E-state index is 5.90. The van der Waals surface area contributed by atoms with Crippen LogP contribution in [0.5, 0.6) is 5.75 Å². The molecule has 0 bridgehead atoms. The molecule has 0 aromatic heterocycles. The smallest absolute Gasteiger partial charge is 0.139 e. The van der Waals surface area contributed by atoms with Crippen molar-refractivity contribution in [1.82, 2.24) is 0 Å². The monoisotopic (exact) mass is 229 g/mol. The minimum Gasteiger partial charge on any atom is -0.495 e. The van der Waals surface area contributed by atoms with Gasteiger partial charge in [0, 0.05) is 24.9 Å². The SMILES string of the molecule is CCOCCNc1ccc(Cl)c(OC)c1. The molecule has 1 aromatic rings. The Kier molecular flexibility index (Phi) is 5.29. The fraction of sp³-hybridized carbons (Fsp3) is 0.455. The van der Waals surface area contributed by atoms with Crippen LogP contribution in [0.4, 0.5) is 5.69 Å². The number of hydrogen-bond donors (Lipinski definition) is 1. The van der Waals surface area contributed by atoms with Crippen molar-refractivity contribution in [3.05, 3.63) is 23.2 Å². The fourth-order valence-electron chi connectivity index (χ4n) is 1.18. The number of benzene rings is 1. The molecule has 15 heavy (non-hydrogen) atoms. The third-order valence-electron chi connectivity index (χ3n) is 1.93. The van der Waals surface area contributed by atoms with Crippen molar-refractivity contribution in [3.63, 3.8) is 0 Å². The Balaban J connectivity index is 2.47. The van der Waals surface area contributed by atoms with E-state index in [1.165, 1.54) is 0 Å². The number of nitrogens with one attached hydrogen (secondary N) is 1. The van der Waals surface area contributed by atoms with Crippen molar-refractivity contribution in [1.29, 1.82) is 0 Å². The fourth-order valence-corrected chi connectivity index (χ4v) is 1.38. The summed E-state index contributed by atoms with van der Waals surface area (Å²) in [6.07, 6.45) is 0. The molecule has 84 valence electrons. The summed E-state index contributed by atoms with van der Waals surface area (Å²) in [7, 11) is 1.60. The van der Waals surface area contributed by atoms with E-state index >= 15 is 0 Å². The van der Waals surface area contributed by atoms with Crippen LogP contribution in [-0.4, -0.2) is 26.9 Å². The van der Waals surface area contributed by atoms with E-state index in [0.29, 0.717) is 17.4 Å². The number of halogens is 1. The highest BCUT2D eigenvalue weighted by Gasteiger charge is 2.00. The van der Waals surface area contributed by atoms with Gasteiger partial charge >= 0.3 is 0 Å². The molecule has 0 aliphatic carbocycles. The molecule has 0 atom stereocenters. The molecule has 4 heteroatoms. The highest BCUT2D eigenvalue weighted by Crippen LogP contribution is 2.27. The van der Waals surface area contributed by atoms with Gasteiger partial charge in [0.15, 0.2) is 0 Å². The van der Waals surface area contributed by atoms with Gasteiger partial charge in [0.05, 0.1) is 18.7 Å². The van der Waals surface area contributed by atoms with Gasteiger partial charge in [0.2, 0.25) is 0 Å². The second kappa shape index (κ2) is 6.53. The molecule has 0 aliphatic heterocycles. The van der Waals surface area contributed by atoms with E-state index in [9.17, 15) is 0 Å². The molecule has 0 radical (unpaired) electrons. The zero-order valence-corrected chi connectivity index (χ0v) is 9.80. The van der Waals surface area contributed by atoms with Crippen LogP contribution in [0, 0.1) is 0 Å². The maximum Gasteiger partial charge on any atom is 0.139 e. The van der Waals surface area contributed by atoms with Gasteiger partial charge < -0.3 is 14.8 Å². The Morgan fingerprint density at radius 3 is 2.87 bits per heavy atom. The number of methoxy groups -OCH3 is 1. The summed E-state index contributed by atoms with van der Waals surface area (Å²) in [4.78, 5) is 0. The zero-order chi connectivity index (χ0) is 11.1. The lowest BCUT2D eigenvalue weighted by Gasteiger charge is -2.09. The largest absolute Gasteiger partial charge is 0.495 e. The van der Waals surface area contributed by atoms with Crippen LogP contribution in [0.15, 0.2) is 18.2 Å². The highest BCUT2D eigenvalue weighted by molar-refractivity contribution is 6.32. The summed E-state index contributed by atoms with van der Waals surface area (Å²) < 4.78 is 10.3. The van der Waals surface area contributed by atoms with Crippen LogP contribution in [0.25, 0.3) is 0 Å². The van der Waals surface area contributed by atoms with E-state index in [0.717, 1.165) is 18.8 Å². The van der Waals surface area contributed by atoms with E-state index < -0.39 is 0 Å². The minimum atomic E-state index is 0.618. The first-order chi connectivity index (χ1) is 7.27. The average molecular weight is 230 g/mol. The van der Waals surface area contributed by atoms with Crippen molar-refractivity contribution < 1.29 is 9.47 Å². The van der Waals surface area contributed by atoms with Crippen molar-refractivity contribution in [2.75, 3.05) is 32.2 Å². The summed E-state index contributed by atoms with van der Waals surface area (Å²) in [5.74, 6) is 0.679. The normalized spacial score (nSPS) is 10.1. The Morgan fingerprint density at radius 2 is 2.20 bits per heavy atom. The van der Waals surface area contributed by atoms with Crippen LogP contribution < -0.4 is 10.1 Å². The molecule has 0 aliphatic rings. The number of anilines is 1. The third-order valence-corrected chi connectivity index (χ3v) is 2.24. The first-order valence-electron chi connectivity index (χ1n) is 4.93. The molecule has 1 aromatic carbocycles. The molecule has 0 amide bonds. The highest BCUT2D eigenvalue weighted by atomic mass is 35.5. The van der Waals surface area contributed by atoms with E-state index in [1.807, 2.05) is 25.1 Å². The predicted molar refractivity (Wildman–Crippen MR) is 63.0 cm³/mol. The Labute approximate surface area is 95.3 Å². The van der Waals surface area contributed by atoms with E-state index in [-0.39, 0.29) is 0 Å². The van der Waals surface area contributed by atoms with Crippen LogP contribution in [0.3, 0.4) is 0 Å². The summed E-state index contributed by atoms with van der Waals surface area (Å²) in [6.45, 7) is 4.19. The molecule has 3 nitrogen and oxygen atoms in total. The second-order valence-electron chi connectivity index (χ2n) is 2.97. The molecule has 1 N–H and O–H groups in total. The molecule has 0 spiro atoms. The molecular formula is C11H16ClNO2. The quantitative estimate of drug-likeness (QED) is 0.761. The molecule has 0 fully saturated rings. The van der Waals surface area contributed by atoms with Crippen molar-refractivity contribution in [2.24, 2.45) is 0 Å². The zero-order valence-electron chi connectivity index (χ0n) is 9.05. The van der Waals surface area contributed by atoms with Gasteiger partial charge in [0.25, 0.3) is 0 Å². The average Bonchev–Trinajstić information content (AvgIpc) is 2.26. The molecule has 0 saturated heterocycles. The Bertz CT molecular complexity index is 305. The molecule has 0 heterocycles. The van der Waals surface area contributed by atoms with E-state index in [2.05, 4.69) is 5.32 Å². The van der Waals surface area contributed by atoms with Crippen LogP contribution in [0.2, 0.25) is 5.02 Å². The van der Waals surface area contributed by atoms with Crippen LogP contribution >= 0.6 is 11.6 Å². The lowest BCUT2D eigenvalue weighted by Crippen LogP contribution is -2.09. The van der Waals surface area contributed by atoms with Gasteiger partial charge in [-0.3, -0.25) is 0 Å². The van der Waals surface area contributed by atoms with Crippen LogP contribution in [-0.2, 0) is 4.74 Å². The van der Waals surface area contributed by atoms with E-state index in [1.54, 1.807) is 7.11 Å². The van der Waals surface area contributed by atoms with Gasteiger partial charge in [-0.25, -0.2) is 0 Å². The van der Waals surface area contributed by atoms with Crippen molar-refractivity contribution in [2.45, 2.75) is 6.92 Å². The van der Waals surface area contributed by atoms with Gasteiger partial charge in [-0.2, -0.15) is 0 Å². The molecule has 0 unspecified atom stereocenters. The lowest BCUT2D eigenvalue weighted by atomic mass is 10.3. The molecule has 1 rings (SSSR count). The molecule has 0 saturated carbocycles. The summed E-state index contributed by atoms with van der Waals surface area (Å²) >= 11 is 5.90. The molecular weight excluding hydrogens is 214 g/mol. The number of ether oxygens (including phenoxy) is 2. The maximum absolute atomic E-state index is 5.90. The lowest BCUT2D eigenvalue weighted by molar-refractivity contribution is 0.158. The predicted octanol–water partition coefficient (Wildman–Crippen LogP) is 2.80. The Hall–Kier alpha value is -0.930. The van der Waals surface area contributed by atoms with Gasteiger partial charge in [-0.05, 0) is 19.1 Å². The van der Waals surface area contributed by atoms with Crippen LogP contribution in [0.1, 0.15) is 6.92 Å². The number of rotatable bonds is 6. The first-order valence-corrected chi connectivity index (χ1v) is 5.31. The van der Waals surface area contributed by atoms with Crippen molar-refractivity contribution >= 4 is 17.3 Å². The van der Waals surface area contributed by atoms with Crippen molar-refractivity contribution in [3.8, 4) is 5.75 Å². The Morgan fingerprint density at radius 1 is 1.40 bits per heavy atom. The summed E-state index contributed by atoms with van der Waals surface area (Å²) in [6, 6.07) is 5.59. The first kappa shape index (κ1) is 12.1. The summed E-state index contributed by atoms with van der Waals surface area (Å²) in [5.41, 5.74) is 0.982. The topological polar surface area (TPSA) is 30.5 Å². The minimum absolute atomic E-state index is 0.618. The number of hydrogen-bond acceptors (Lipinski definition) is 3. The summed E-state index contributed by atoms with van der Waals surface area (Å²) in [5, 5.41) is 3.84. The third kappa shape index (κ3) is 3.98. The van der Waals surface area contributed by atoms with Gasteiger partial charge in [0.1, 0.15) is 5.75 Å². The van der Waals surface area contributed by atoms with E-state index in [4.69, 9.17) is 21.1 Å². The van der Waals surface area contributed by atoms with Gasteiger partial charge in [-0.1, -0.05) is 11.6 Å².